The van der Waals surface area contributed by atoms with Crippen LogP contribution in [0.25, 0.3) is 0 Å². The molecule has 1 aliphatic rings. The first kappa shape index (κ1) is 14.7. The fraction of sp³-hybridized carbons (Fsp3) is 0.909. The predicted molar refractivity (Wildman–Crippen MR) is 63.2 cm³/mol. The summed E-state index contributed by atoms with van der Waals surface area (Å²) in [5.74, 6) is -0.363. The number of nitrogens with two attached hydrogens (primary N) is 1. The third-order valence-electron chi connectivity index (χ3n) is 3.21. The Morgan fingerprint density at radius 3 is 2.67 bits per heavy atom. The maximum Gasteiger partial charge on any atom is 0.320 e. The van der Waals surface area contributed by atoms with Crippen LogP contribution in [0.3, 0.4) is 0 Å². The molecule has 4 heteroatoms. The quantitative estimate of drug-likeness (QED) is 0.790. The van der Waals surface area contributed by atoms with Crippen molar-refractivity contribution in [1.82, 2.24) is 0 Å². The second-order valence-corrected chi connectivity index (χ2v) is 5.31. The largest absolute Gasteiger partial charge is 0.480 e. The van der Waals surface area contributed by atoms with Crippen molar-refractivity contribution in [2.24, 2.45) is 17.1 Å². The first-order chi connectivity index (χ1) is 6.41. The lowest BCUT2D eigenvalue weighted by Crippen LogP contribution is -2.34. The fourth-order valence-electron chi connectivity index (χ4n) is 2.52. The molecule has 15 heavy (non-hydrogen) atoms. The van der Waals surface area contributed by atoms with Crippen molar-refractivity contribution in [3.8, 4) is 0 Å². The summed E-state index contributed by atoms with van der Waals surface area (Å²) in [4.78, 5) is 10.6. The van der Waals surface area contributed by atoms with E-state index in [1.807, 2.05) is 0 Å². The summed E-state index contributed by atoms with van der Waals surface area (Å²) in [7, 11) is 0. The number of hydrogen-bond donors (Lipinski definition) is 2. The Balaban J connectivity index is 0.00000196. The molecular formula is C11H22ClNO2. The van der Waals surface area contributed by atoms with Gasteiger partial charge in [0.05, 0.1) is 0 Å². The molecule has 0 saturated heterocycles. The van der Waals surface area contributed by atoms with E-state index in [1.165, 1.54) is 12.8 Å². The molecule has 3 nitrogen and oxygen atoms in total. The highest BCUT2D eigenvalue weighted by atomic mass is 35.5. The molecule has 1 saturated carbocycles. The zero-order valence-electron chi connectivity index (χ0n) is 9.53. The highest BCUT2D eigenvalue weighted by molar-refractivity contribution is 5.85. The molecule has 0 bridgehead atoms. The van der Waals surface area contributed by atoms with E-state index >= 15 is 0 Å². The van der Waals surface area contributed by atoms with E-state index < -0.39 is 12.0 Å². The van der Waals surface area contributed by atoms with Crippen molar-refractivity contribution < 1.29 is 9.90 Å². The first-order valence-electron chi connectivity index (χ1n) is 5.39. The SMILES string of the molecule is CC1(C)CCCC(CC(N)C(=O)O)C1.Cl. The van der Waals surface area contributed by atoms with Gasteiger partial charge in [0, 0.05) is 0 Å². The summed E-state index contributed by atoms with van der Waals surface area (Å²) in [6.07, 6.45) is 5.37. The Kier molecular flexibility index (Phi) is 5.60. The monoisotopic (exact) mass is 235 g/mol. The van der Waals surface area contributed by atoms with E-state index in [9.17, 15) is 4.79 Å². The highest BCUT2D eigenvalue weighted by Crippen LogP contribution is 2.40. The topological polar surface area (TPSA) is 63.3 Å². The molecule has 1 fully saturated rings. The van der Waals surface area contributed by atoms with Crippen LogP contribution in [0.15, 0.2) is 0 Å². The van der Waals surface area contributed by atoms with Gasteiger partial charge in [0.1, 0.15) is 6.04 Å². The Morgan fingerprint density at radius 1 is 1.60 bits per heavy atom. The fourth-order valence-corrected chi connectivity index (χ4v) is 2.52. The van der Waals surface area contributed by atoms with Crippen LogP contribution in [0.5, 0.6) is 0 Å². The molecule has 0 radical (unpaired) electrons. The summed E-state index contributed by atoms with van der Waals surface area (Å²) in [6.45, 7) is 4.51. The first-order valence-corrected chi connectivity index (χ1v) is 5.39. The molecule has 0 aromatic heterocycles. The molecule has 0 heterocycles. The van der Waals surface area contributed by atoms with Gasteiger partial charge in [0.25, 0.3) is 0 Å². The van der Waals surface area contributed by atoms with Gasteiger partial charge in [0.15, 0.2) is 0 Å². The molecule has 0 aromatic carbocycles. The van der Waals surface area contributed by atoms with Gasteiger partial charge in [-0.15, -0.1) is 12.4 Å². The van der Waals surface area contributed by atoms with Crippen LogP contribution in [0.1, 0.15) is 46.0 Å². The van der Waals surface area contributed by atoms with E-state index in [4.69, 9.17) is 10.8 Å². The van der Waals surface area contributed by atoms with Crippen molar-refractivity contribution in [3.63, 3.8) is 0 Å². The van der Waals surface area contributed by atoms with Crippen LogP contribution in [0.2, 0.25) is 0 Å². The molecule has 3 N–H and O–H groups in total. The normalized spacial score (nSPS) is 26.5. The summed E-state index contributed by atoms with van der Waals surface area (Å²) in [5.41, 5.74) is 5.91. The predicted octanol–water partition coefficient (Wildman–Crippen LogP) is 2.43. The minimum absolute atomic E-state index is 0. The molecule has 90 valence electrons. The van der Waals surface area contributed by atoms with E-state index in [2.05, 4.69) is 13.8 Å². The van der Waals surface area contributed by atoms with Crippen LogP contribution in [0.4, 0.5) is 0 Å². The molecule has 1 aliphatic carbocycles. The molecule has 0 aromatic rings. The zero-order chi connectivity index (χ0) is 10.8. The van der Waals surface area contributed by atoms with Crippen LogP contribution in [-0.4, -0.2) is 17.1 Å². The van der Waals surface area contributed by atoms with Crippen LogP contribution in [0, 0.1) is 11.3 Å². The number of hydrogen-bond acceptors (Lipinski definition) is 2. The molecule has 0 aliphatic heterocycles. The van der Waals surface area contributed by atoms with Crippen LogP contribution < -0.4 is 5.73 Å². The second-order valence-electron chi connectivity index (χ2n) is 5.31. The zero-order valence-corrected chi connectivity index (χ0v) is 10.3. The summed E-state index contributed by atoms with van der Waals surface area (Å²) in [5, 5.41) is 8.72. The lowest BCUT2D eigenvalue weighted by molar-refractivity contribution is -0.139. The number of carboxylic acid groups (broad SMARTS) is 1. The smallest absolute Gasteiger partial charge is 0.320 e. The third-order valence-corrected chi connectivity index (χ3v) is 3.21. The molecule has 2 atom stereocenters. The maximum atomic E-state index is 10.6. The van der Waals surface area contributed by atoms with E-state index in [0.29, 0.717) is 17.8 Å². The molecule has 0 amide bonds. The van der Waals surface area contributed by atoms with Gasteiger partial charge in [0.2, 0.25) is 0 Å². The van der Waals surface area contributed by atoms with Crippen molar-refractivity contribution in [1.29, 1.82) is 0 Å². The van der Waals surface area contributed by atoms with E-state index in [1.54, 1.807) is 0 Å². The number of carbonyl (C=O) groups is 1. The Morgan fingerprint density at radius 2 is 2.20 bits per heavy atom. The molecule has 2 unspecified atom stereocenters. The molecular weight excluding hydrogens is 214 g/mol. The van der Waals surface area contributed by atoms with Gasteiger partial charge in [-0.25, -0.2) is 0 Å². The summed E-state index contributed by atoms with van der Waals surface area (Å²) < 4.78 is 0. The molecule has 1 rings (SSSR count). The number of halogens is 1. The average Bonchev–Trinajstić information content (AvgIpc) is 2.01. The van der Waals surface area contributed by atoms with Crippen LogP contribution >= 0.6 is 12.4 Å². The number of aliphatic carboxylic acids is 1. The Bertz CT molecular complexity index is 219. The van der Waals surface area contributed by atoms with Gasteiger partial charge in [-0.05, 0) is 30.6 Å². The van der Waals surface area contributed by atoms with E-state index in [-0.39, 0.29) is 12.4 Å². The third kappa shape index (κ3) is 4.85. The Hall–Kier alpha value is -0.280. The van der Waals surface area contributed by atoms with Gasteiger partial charge < -0.3 is 10.8 Å². The van der Waals surface area contributed by atoms with Gasteiger partial charge in [-0.3, -0.25) is 4.79 Å². The van der Waals surface area contributed by atoms with Gasteiger partial charge in [-0.1, -0.05) is 26.7 Å². The molecule has 0 spiro atoms. The minimum Gasteiger partial charge on any atom is -0.480 e. The number of rotatable bonds is 3. The van der Waals surface area contributed by atoms with Crippen molar-refractivity contribution in [3.05, 3.63) is 0 Å². The minimum atomic E-state index is -0.867. The van der Waals surface area contributed by atoms with Crippen molar-refractivity contribution in [2.45, 2.75) is 52.0 Å². The lowest BCUT2D eigenvalue weighted by Gasteiger charge is -2.35. The maximum absolute atomic E-state index is 10.6. The van der Waals surface area contributed by atoms with Crippen molar-refractivity contribution in [2.75, 3.05) is 0 Å². The summed E-state index contributed by atoms with van der Waals surface area (Å²) in [6, 6.07) is -0.672. The second kappa shape index (κ2) is 5.71. The standard InChI is InChI=1S/C11H21NO2.ClH/c1-11(2)5-3-4-8(7-11)6-9(12)10(13)14;/h8-9H,3-7,12H2,1-2H3,(H,13,14);1H. The lowest BCUT2D eigenvalue weighted by atomic mass is 9.70. The average molecular weight is 236 g/mol. The summed E-state index contributed by atoms with van der Waals surface area (Å²) >= 11 is 0. The van der Waals surface area contributed by atoms with Crippen molar-refractivity contribution >= 4 is 18.4 Å². The van der Waals surface area contributed by atoms with Gasteiger partial charge >= 0.3 is 5.97 Å². The van der Waals surface area contributed by atoms with Gasteiger partial charge in [-0.2, -0.15) is 0 Å². The number of carboxylic acids is 1. The van der Waals surface area contributed by atoms with Crippen LogP contribution in [-0.2, 0) is 4.79 Å². The Labute approximate surface area is 97.8 Å². The van der Waals surface area contributed by atoms with E-state index in [0.717, 1.165) is 12.8 Å². The highest BCUT2D eigenvalue weighted by Gasteiger charge is 2.29.